The molecule has 0 aliphatic heterocycles. The molecule has 3 amide bonds. The van der Waals surface area contributed by atoms with Crippen molar-refractivity contribution in [2.45, 2.75) is 39.5 Å². The zero-order valence-corrected chi connectivity index (χ0v) is 17.6. The van der Waals surface area contributed by atoms with Gasteiger partial charge >= 0.3 is 0 Å². The van der Waals surface area contributed by atoms with Crippen molar-refractivity contribution in [1.29, 1.82) is 0 Å². The Labute approximate surface area is 177 Å². The SMILES string of the molecule is CCCCNC(=O)c1cccc(NC(=O)CNc2cccc(NC(=O)CCC)c2)c1. The lowest BCUT2D eigenvalue weighted by Gasteiger charge is -2.11. The molecule has 160 valence electrons. The molecule has 7 heteroatoms. The first kappa shape index (κ1) is 22.9. The summed E-state index contributed by atoms with van der Waals surface area (Å²) in [5.74, 6) is -0.426. The summed E-state index contributed by atoms with van der Waals surface area (Å²) in [6.07, 6.45) is 3.19. The van der Waals surface area contributed by atoms with E-state index in [1.54, 1.807) is 36.4 Å². The molecule has 2 rings (SSSR count). The molecule has 0 heterocycles. The van der Waals surface area contributed by atoms with Crippen LogP contribution in [0, 0.1) is 0 Å². The van der Waals surface area contributed by atoms with E-state index in [1.165, 1.54) is 0 Å². The predicted molar refractivity (Wildman–Crippen MR) is 121 cm³/mol. The van der Waals surface area contributed by atoms with Crippen molar-refractivity contribution >= 4 is 34.8 Å². The number of unbranched alkanes of at least 4 members (excludes halogenated alkanes) is 1. The first-order valence-electron chi connectivity index (χ1n) is 10.3. The van der Waals surface area contributed by atoms with Crippen LogP contribution in [-0.2, 0) is 9.59 Å². The van der Waals surface area contributed by atoms with Gasteiger partial charge in [0.15, 0.2) is 0 Å². The van der Waals surface area contributed by atoms with Crippen LogP contribution in [0.1, 0.15) is 49.9 Å². The average molecular weight is 411 g/mol. The maximum Gasteiger partial charge on any atom is 0.251 e. The Bertz CT molecular complexity index is 867. The molecule has 0 aliphatic carbocycles. The van der Waals surface area contributed by atoms with Crippen LogP contribution in [-0.4, -0.2) is 30.8 Å². The van der Waals surface area contributed by atoms with Gasteiger partial charge in [-0.25, -0.2) is 0 Å². The van der Waals surface area contributed by atoms with Crippen molar-refractivity contribution in [3.8, 4) is 0 Å². The van der Waals surface area contributed by atoms with Crippen LogP contribution >= 0.6 is 0 Å². The van der Waals surface area contributed by atoms with E-state index in [9.17, 15) is 14.4 Å². The lowest BCUT2D eigenvalue weighted by atomic mass is 10.2. The van der Waals surface area contributed by atoms with E-state index in [0.717, 1.165) is 24.9 Å². The zero-order chi connectivity index (χ0) is 21.8. The first-order chi connectivity index (χ1) is 14.5. The van der Waals surface area contributed by atoms with Crippen molar-refractivity contribution in [1.82, 2.24) is 5.32 Å². The second kappa shape index (κ2) is 12.3. The Morgan fingerprint density at radius 1 is 0.800 bits per heavy atom. The van der Waals surface area contributed by atoms with Crippen LogP contribution in [0.15, 0.2) is 48.5 Å². The van der Waals surface area contributed by atoms with Gasteiger partial charge in [-0.15, -0.1) is 0 Å². The van der Waals surface area contributed by atoms with Gasteiger partial charge in [-0.05, 0) is 49.2 Å². The minimum atomic E-state index is -0.237. The van der Waals surface area contributed by atoms with Crippen molar-refractivity contribution in [2.24, 2.45) is 0 Å². The topological polar surface area (TPSA) is 99.3 Å². The van der Waals surface area contributed by atoms with Crippen LogP contribution in [0.5, 0.6) is 0 Å². The van der Waals surface area contributed by atoms with E-state index < -0.39 is 0 Å². The minimum absolute atomic E-state index is 0.0361. The summed E-state index contributed by atoms with van der Waals surface area (Å²) in [7, 11) is 0. The Kier molecular flexibility index (Phi) is 9.37. The molecule has 0 saturated carbocycles. The highest BCUT2D eigenvalue weighted by atomic mass is 16.2. The second-order valence-corrected chi connectivity index (χ2v) is 6.97. The number of hydrogen-bond donors (Lipinski definition) is 4. The summed E-state index contributed by atoms with van der Waals surface area (Å²) in [6.45, 7) is 4.70. The van der Waals surface area contributed by atoms with E-state index in [0.29, 0.717) is 29.9 Å². The highest BCUT2D eigenvalue weighted by Crippen LogP contribution is 2.16. The number of hydrogen-bond acceptors (Lipinski definition) is 4. The van der Waals surface area contributed by atoms with Gasteiger partial charge in [-0.2, -0.15) is 0 Å². The largest absolute Gasteiger partial charge is 0.376 e. The van der Waals surface area contributed by atoms with Gasteiger partial charge in [0.1, 0.15) is 0 Å². The third kappa shape index (κ3) is 7.95. The lowest BCUT2D eigenvalue weighted by Crippen LogP contribution is -2.25. The molecule has 0 unspecified atom stereocenters. The second-order valence-electron chi connectivity index (χ2n) is 6.97. The van der Waals surface area contributed by atoms with Crippen LogP contribution in [0.25, 0.3) is 0 Å². The van der Waals surface area contributed by atoms with Gasteiger partial charge in [-0.3, -0.25) is 14.4 Å². The molecule has 30 heavy (non-hydrogen) atoms. The van der Waals surface area contributed by atoms with Crippen LogP contribution in [0.2, 0.25) is 0 Å². The molecule has 0 radical (unpaired) electrons. The summed E-state index contributed by atoms with van der Waals surface area (Å²) >= 11 is 0. The van der Waals surface area contributed by atoms with Gasteiger partial charge in [0.05, 0.1) is 6.54 Å². The molecule has 0 spiro atoms. The van der Waals surface area contributed by atoms with Gasteiger partial charge < -0.3 is 21.3 Å². The van der Waals surface area contributed by atoms with E-state index in [1.807, 2.05) is 19.1 Å². The van der Waals surface area contributed by atoms with Crippen LogP contribution < -0.4 is 21.3 Å². The van der Waals surface area contributed by atoms with Crippen LogP contribution in [0.3, 0.4) is 0 Å². The number of carbonyl (C=O) groups excluding carboxylic acids is 3. The molecule has 0 bridgehead atoms. The fourth-order valence-electron chi connectivity index (χ4n) is 2.76. The molecule has 0 saturated heterocycles. The maximum absolute atomic E-state index is 12.3. The molecule has 2 aromatic rings. The summed E-state index contributed by atoms with van der Waals surface area (Å²) in [5.41, 5.74) is 2.47. The van der Waals surface area contributed by atoms with Gasteiger partial charge in [-0.1, -0.05) is 32.4 Å². The van der Waals surface area contributed by atoms with Gasteiger partial charge in [0.2, 0.25) is 11.8 Å². The molecule has 4 N–H and O–H groups in total. The van der Waals surface area contributed by atoms with E-state index in [4.69, 9.17) is 0 Å². The number of amides is 3. The minimum Gasteiger partial charge on any atom is -0.376 e. The molecule has 7 nitrogen and oxygen atoms in total. The van der Waals surface area contributed by atoms with Gasteiger partial charge in [0.25, 0.3) is 5.91 Å². The third-order valence-corrected chi connectivity index (χ3v) is 4.30. The summed E-state index contributed by atoms with van der Waals surface area (Å²) in [6, 6.07) is 14.1. The van der Waals surface area contributed by atoms with E-state index in [-0.39, 0.29) is 24.3 Å². The number of nitrogens with one attached hydrogen (secondary N) is 4. The fourth-order valence-corrected chi connectivity index (χ4v) is 2.76. The smallest absolute Gasteiger partial charge is 0.251 e. The Morgan fingerprint density at radius 3 is 2.20 bits per heavy atom. The molecular formula is C23H30N4O3. The fraction of sp³-hybridized carbons (Fsp3) is 0.348. The molecule has 0 aliphatic rings. The molecule has 0 fully saturated rings. The van der Waals surface area contributed by atoms with Crippen molar-refractivity contribution < 1.29 is 14.4 Å². The number of carbonyl (C=O) groups is 3. The van der Waals surface area contributed by atoms with Crippen molar-refractivity contribution in [3.05, 3.63) is 54.1 Å². The van der Waals surface area contributed by atoms with Crippen molar-refractivity contribution in [2.75, 3.05) is 29.0 Å². The van der Waals surface area contributed by atoms with E-state index in [2.05, 4.69) is 28.2 Å². The van der Waals surface area contributed by atoms with Crippen molar-refractivity contribution in [3.63, 3.8) is 0 Å². The third-order valence-electron chi connectivity index (χ3n) is 4.30. The summed E-state index contributed by atoms with van der Waals surface area (Å²) in [4.78, 5) is 36.2. The maximum atomic E-state index is 12.3. The Hall–Kier alpha value is -3.35. The average Bonchev–Trinajstić information content (AvgIpc) is 2.73. The molecular weight excluding hydrogens is 380 g/mol. The number of anilines is 3. The normalized spacial score (nSPS) is 10.2. The summed E-state index contributed by atoms with van der Waals surface area (Å²) < 4.78 is 0. The Morgan fingerprint density at radius 2 is 1.47 bits per heavy atom. The lowest BCUT2D eigenvalue weighted by molar-refractivity contribution is -0.116. The highest BCUT2D eigenvalue weighted by molar-refractivity contribution is 5.98. The van der Waals surface area contributed by atoms with E-state index >= 15 is 0 Å². The standard InChI is InChI=1S/C23H30N4O3/c1-3-5-13-24-23(30)17-9-6-11-19(14-17)27-22(29)16-25-18-10-7-12-20(15-18)26-21(28)8-4-2/h6-7,9-12,14-15,25H,3-5,8,13,16H2,1-2H3,(H,24,30)(H,26,28)(H,27,29). The summed E-state index contributed by atoms with van der Waals surface area (Å²) in [5, 5.41) is 11.5. The molecule has 0 aromatic heterocycles. The monoisotopic (exact) mass is 410 g/mol. The number of benzene rings is 2. The quantitative estimate of drug-likeness (QED) is 0.421. The highest BCUT2D eigenvalue weighted by Gasteiger charge is 2.08. The number of rotatable bonds is 11. The molecule has 2 aromatic carbocycles. The first-order valence-corrected chi connectivity index (χ1v) is 10.3. The molecule has 0 atom stereocenters. The predicted octanol–water partition coefficient (Wildman–Crippen LogP) is 4.01. The van der Waals surface area contributed by atoms with Crippen LogP contribution in [0.4, 0.5) is 17.1 Å². The van der Waals surface area contributed by atoms with Gasteiger partial charge in [0, 0.05) is 35.6 Å². The Balaban J connectivity index is 1.87. The zero-order valence-electron chi connectivity index (χ0n) is 17.6.